The van der Waals surface area contributed by atoms with E-state index in [9.17, 15) is 0 Å². The highest BCUT2D eigenvalue weighted by Gasteiger charge is 2.18. The summed E-state index contributed by atoms with van der Waals surface area (Å²) in [5, 5.41) is 0.863. The van der Waals surface area contributed by atoms with Crippen LogP contribution in [0.15, 0.2) is 0 Å². The van der Waals surface area contributed by atoms with Gasteiger partial charge in [-0.3, -0.25) is 0 Å². The molecule has 1 unspecified atom stereocenters. The van der Waals surface area contributed by atoms with Crippen molar-refractivity contribution in [2.24, 2.45) is 0 Å². The lowest BCUT2D eigenvalue weighted by atomic mass is 10.8. The maximum Gasteiger partial charge on any atom is 0.221 e. The van der Waals surface area contributed by atoms with Crippen molar-refractivity contribution in [1.29, 1.82) is 0 Å². The Labute approximate surface area is 86.3 Å². The van der Waals surface area contributed by atoms with Crippen molar-refractivity contribution >= 4 is 44.7 Å². The predicted octanol–water partition coefficient (Wildman–Crippen LogP) is 2.81. The van der Waals surface area contributed by atoms with Crippen LogP contribution in [-0.4, -0.2) is 30.2 Å². The Bertz CT molecular complexity index is 159. The standard InChI is InChI=1S/C5H12BrClNOPS/c1-3-9-10(7,11)8(2)5-4-6/h3-5H2,1-2H3. The van der Waals surface area contributed by atoms with E-state index >= 15 is 0 Å². The van der Waals surface area contributed by atoms with Crippen molar-refractivity contribution in [3.63, 3.8) is 0 Å². The van der Waals surface area contributed by atoms with E-state index in [-0.39, 0.29) is 0 Å². The molecule has 0 fully saturated rings. The van der Waals surface area contributed by atoms with E-state index in [0.717, 1.165) is 11.9 Å². The van der Waals surface area contributed by atoms with Crippen LogP contribution in [0, 0.1) is 0 Å². The second kappa shape index (κ2) is 5.90. The van der Waals surface area contributed by atoms with Crippen LogP contribution in [0.25, 0.3) is 0 Å². The zero-order valence-electron chi connectivity index (χ0n) is 6.59. The molecule has 0 aliphatic heterocycles. The Balaban J connectivity index is 3.95. The number of hydrogen-bond donors (Lipinski definition) is 0. The highest BCUT2D eigenvalue weighted by Crippen LogP contribution is 2.55. The number of rotatable bonds is 5. The number of halogens is 2. The van der Waals surface area contributed by atoms with Gasteiger partial charge in [0.05, 0.1) is 6.61 Å². The van der Waals surface area contributed by atoms with Gasteiger partial charge < -0.3 is 4.52 Å². The van der Waals surface area contributed by atoms with Crippen LogP contribution in [0.1, 0.15) is 6.92 Å². The van der Waals surface area contributed by atoms with Gasteiger partial charge in [-0.15, -0.1) is 0 Å². The van der Waals surface area contributed by atoms with E-state index in [1.165, 1.54) is 0 Å². The van der Waals surface area contributed by atoms with Crippen molar-refractivity contribution in [2.75, 3.05) is 25.5 Å². The van der Waals surface area contributed by atoms with E-state index in [0.29, 0.717) is 6.61 Å². The van der Waals surface area contributed by atoms with E-state index in [2.05, 4.69) is 15.9 Å². The highest BCUT2D eigenvalue weighted by atomic mass is 79.9. The summed E-state index contributed by atoms with van der Waals surface area (Å²) in [6, 6.07) is 0. The summed E-state index contributed by atoms with van der Waals surface area (Å²) in [5.74, 6) is -2.19. The first-order chi connectivity index (χ1) is 5.04. The molecule has 0 saturated carbocycles. The second-order valence-corrected chi connectivity index (χ2v) is 8.04. The molecule has 0 spiro atoms. The third-order valence-electron chi connectivity index (χ3n) is 1.10. The van der Waals surface area contributed by atoms with E-state index in [1.807, 2.05) is 18.6 Å². The Morgan fingerprint density at radius 3 is 2.64 bits per heavy atom. The van der Waals surface area contributed by atoms with Gasteiger partial charge in [0, 0.05) is 11.9 Å². The van der Waals surface area contributed by atoms with Gasteiger partial charge in [-0.05, 0) is 37.0 Å². The molecule has 0 aliphatic carbocycles. The lowest BCUT2D eigenvalue weighted by Crippen LogP contribution is -2.16. The van der Waals surface area contributed by atoms with Gasteiger partial charge in [-0.2, -0.15) is 0 Å². The molecule has 0 radical (unpaired) electrons. The molecule has 0 N–H and O–H groups in total. The highest BCUT2D eigenvalue weighted by molar-refractivity contribution is 9.09. The molecule has 0 aromatic carbocycles. The maximum atomic E-state index is 5.97. The Kier molecular flexibility index (Phi) is 6.61. The average molecular weight is 281 g/mol. The Hall–Kier alpha value is 1.34. The van der Waals surface area contributed by atoms with Crippen LogP contribution >= 0.6 is 32.9 Å². The third kappa shape index (κ3) is 4.81. The molecule has 0 heterocycles. The molecule has 6 heteroatoms. The van der Waals surface area contributed by atoms with Crippen LogP contribution in [0.3, 0.4) is 0 Å². The molecular formula is C5H12BrClNOPS. The first kappa shape index (κ1) is 12.3. The summed E-state index contributed by atoms with van der Waals surface area (Å²) < 4.78 is 7.12. The van der Waals surface area contributed by atoms with Crippen molar-refractivity contribution < 1.29 is 4.52 Å². The largest absolute Gasteiger partial charge is 0.327 e. The van der Waals surface area contributed by atoms with Gasteiger partial charge in [-0.1, -0.05) is 15.9 Å². The van der Waals surface area contributed by atoms with Gasteiger partial charge in [0.1, 0.15) is 0 Å². The van der Waals surface area contributed by atoms with Gasteiger partial charge in [-0.25, -0.2) is 4.67 Å². The lowest BCUT2D eigenvalue weighted by molar-refractivity contribution is 0.350. The van der Waals surface area contributed by atoms with Crippen LogP contribution in [0.4, 0.5) is 0 Å². The SMILES string of the molecule is CCOP(=S)(Cl)N(C)CCBr. The summed E-state index contributed by atoms with van der Waals surface area (Å²) in [5.41, 5.74) is 0. The molecule has 2 nitrogen and oxygen atoms in total. The van der Waals surface area contributed by atoms with E-state index in [1.54, 1.807) is 0 Å². The fourth-order valence-electron chi connectivity index (χ4n) is 0.500. The number of alkyl halides is 1. The van der Waals surface area contributed by atoms with E-state index in [4.69, 9.17) is 27.6 Å². The first-order valence-corrected chi connectivity index (χ1v) is 7.96. The summed E-state index contributed by atoms with van der Waals surface area (Å²) in [6.45, 7) is 3.29. The van der Waals surface area contributed by atoms with Crippen molar-refractivity contribution in [2.45, 2.75) is 6.92 Å². The van der Waals surface area contributed by atoms with Gasteiger partial charge in [0.15, 0.2) is 0 Å². The summed E-state index contributed by atoms with van der Waals surface area (Å²) >= 11 is 14.4. The first-order valence-electron chi connectivity index (χ1n) is 3.26. The maximum absolute atomic E-state index is 5.97. The topological polar surface area (TPSA) is 12.5 Å². The fraction of sp³-hybridized carbons (Fsp3) is 1.00. The molecule has 0 rings (SSSR count). The normalized spacial score (nSPS) is 16.8. The molecule has 0 bridgehead atoms. The molecule has 0 saturated heterocycles. The second-order valence-electron chi connectivity index (χ2n) is 1.94. The van der Waals surface area contributed by atoms with Gasteiger partial charge in [0.25, 0.3) is 0 Å². The van der Waals surface area contributed by atoms with Crippen LogP contribution in [0.5, 0.6) is 0 Å². The van der Waals surface area contributed by atoms with Crippen molar-refractivity contribution in [3.8, 4) is 0 Å². The average Bonchev–Trinajstić information content (AvgIpc) is 1.88. The molecule has 0 aliphatic rings. The Morgan fingerprint density at radius 2 is 2.27 bits per heavy atom. The monoisotopic (exact) mass is 279 g/mol. The van der Waals surface area contributed by atoms with Gasteiger partial charge >= 0.3 is 0 Å². The van der Waals surface area contributed by atoms with Crippen LogP contribution < -0.4 is 0 Å². The summed E-state index contributed by atoms with van der Waals surface area (Å²) in [6.07, 6.45) is 0. The zero-order valence-corrected chi connectivity index (χ0v) is 10.6. The van der Waals surface area contributed by atoms with E-state index < -0.39 is 5.77 Å². The molecule has 0 aromatic rings. The minimum Gasteiger partial charge on any atom is -0.327 e. The Morgan fingerprint density at radius 1 is 1.73 bits per heavy atom. The third-order valence-corrected chi connectivity index (χ3v) is 5.27. The van der Waals surface area contributed by atoms with Crippen molar-refractivity contribution in [1.82, 2.24) is 4.67 Å². The van der Waals surface area contributed by atoms with Crippen molar-refractivity contribution in [3.05, 3.63) is 0 Å². The van der Waals surface area contributed by atoms with Crippen LogP contribution in [0.2, 0.25) is 0 Å². The lowest BCUT2D eigenvalue weighted by Gasteiger charge is -2.24. The molecule has 0 amide bonds. The number of nitrogens with zero attached hydrogens (tertiary/aromatic N) is 1. The minimum atomic E-state index is -2.19. The quantitative estimate of drug-likeness (QED) is 0.567. The number of hydrogen-bond acceptors (Lipinski definition) is 2. The molecule has 11 heavy (non-hydrogen) atoms. The fourth-order valence-corrected chi connectivity index (χ4v) is 3.24. The smallest absolute Gasteiger partial charge is 0.221 e. The predicted molar refractivity (Wildman–Crippen MR) is 58.2 cm³/mol. The molecular weight excluding hydrogens is 268 g/mol. The molecule has 1 atom stereocenters. The van der Waals surface area contributed by atoms with Crippen LogP contribution in [-0.2, 0) is 16.3 Å². The zero-order chi connectivity index (χ0) is 8.91. The molecule has 0 aromatic heterocycles. The summed E-state index contributed by atoms with van der Waals surface area (Å²) in [4.78, 5) is 0. The summed E-state index contributed by atoms with van der Waals surface area (Å²) in [7, 11) is 1.88. The molecule has 68 valence electrons. The van der Waals surface area contributed by atoms with Gasteiger partial charge in [0.2, 0.25) is 5.77 Å². The minimum absolute atomic E-state index is 0.577.